The van der Waals surface area contributed by atoms with Gasteiger partial charge < -0.3 is 19.5 Å². The first-order chi connectivity index (χ1) is 12.6. The van der Waals surface area contributed by atoms with Crippen molar-refractivity contribution in [2.24, 2.45) is 0 Å². The second-order valence-corrected chi connectivity index (χ2v) is 6.65. The lowest BCUT2D eigenvalue weighted by atomic mass is 10.2. The fourth-order valence-corrected chi connectivity index (χ4v) is 2.42. The lowest BCUT2D eigenvalue weighted by molar-refractivity contribution is -0.126. The first kappa shape index (κ1) is 25.0. The zero-order valence-electron chi connectivity index (χ0n) is 16.1. The molecule has 0 aromatic rings. The first-order valence-corrected chi connectivity index (χ1v) is 10.5. The van der Waals surface area contributed by atoms with Crippen LogP contribution in [0.25, 0.3) is 0 Å². The molecule has 0 bridgehead atoms. The number of carbonyl (C=O) groups excluding carboxylic acids is 3. The van der Waals surface area contributed by atoms with E-state index in [1.807, 2.05) is 13.2 Å². The van der Waals surface area contributed by atoms with Crippen LogP contribution in [0, 0.1) is 0 Å². The molecule has 0 saturated heterocycles. The van der Waals surface area contributed by atoms with Gasteiger partial charge in [0.05, 0.1) is 19.0 Å². The van der Waals surface area contributed by atoms with Gasteiger partial charge in [-0.1, -0.05) is 6.92 Å². The van der Waals surface area contributed by atoms with E-state index < -0.39 is 0 Å². The molecule has 8 heteroatoms. The Bertz CT molecular complexity index is 392. The number of thioether (sulfide) groups is 1. The van der Waals surface area contributed by atoms with Crippen LogP contribution in [0.1, 0.15) is 39.0 Å². The molecule has 0 aliphatic carbocycles. The van der Waals surface area contributed by atoms with Crippen LogP contribution in [-0.2, 0) is 28.6 Å². The molecule has 0 aromatic carbocycles. The number of hydrogen-bond acceptors (Lipinski definition) is 7. The number of Topliss-reactive ketones (excluding diaryl/α,β-unsaturated/α-hetero) is 2. The average Bonchev–Trinajstić information content (AvgIpc) is 2.61. The molecule has 0 spiro atoms. The van der Waals surface area contributed by atoms with Crippen LogP contribution in [0.3, 0.4) is 0 Å². The van der Waals surface area contributed by atoms with Crippen molar-refractivity contribution in [1.82, 2.24) is 5.32 Å². The molecule has 0 aliphatic rings. The van der Waals surface area contributed by atoms with E-state index in [4.69, 9.17) is 14.2 Å². The molecule has 26 heavy (non-hydrogen) atoms. The highest BCUT2D eigenvalue weighted by molar-refractivity contribution is 7.99. The second-order valence-electron chi connectivity index (χ2n) is 5.78. The third kappa shape index (κ3) is 17.8. The van der Waals surface area contributed by atoms with Gasteiger partial charge in [-0.2, -0.15) is 11.8 Å². The van der Waals surface area contributed by atoms with Crippen LogP contribution in [0.15, 0.2) is 0 Å². The van der Waals surface area contributed by atoms with E-state index in [2.05, 4.69) is 5.32 Å². The number of ether oxygens (including phenoxy) is 3. The molecule has 1 N–H and O–H groups in total. The number of hydrogen-bond donors (Lipinski definition) is 1. The summed E-state index contributed by atoms with van der Waals surface area (Å²) >= 11 is 1.51. The van der Waals surface area contributed by atoms with Gasteiger partial charge in [-0.15, -0.1) is 0 Å². The van der Waals surface area contributed by atoms with E-state index in [1.165, 1.54) is 11.8 Å². The van der Waals surface area contributed by atoms with Gasteiger partial charge in [0.2, 0.25) is 5.91 Å². The Hall–Kier alpha value is -0.960. The van der Waals surface area contributed by atoms with Crippen molar-refractivity contribution in [3.8, 4) is 0 Å². The molecule has 0 heterocycles. The Kier molecular flexibility index (Phi) is 18.1. The number of amides is 1. The average molecular weight is 392 g/mol. The van der Waals surface area contributed by atoms with E-state index in [-0.39, 0.29) is 30.7 Å². The highest BCUT2D eigenvalue weighted by Crippen LogP contribution is 1.97. The van der Waals surface area contributed by atoms with Crippen molar-refractivity contribution >= 4 is 29.2 Å². The van der Waals surface area contributed by atoms with Crippen LogP contribution < -0.4 is 5.32 Å². The zero-order chi connectivity index (χ0) is 19.5. The van der Waals surface area contributed by atoms with Gasteiger partial charge in [0, 0.05) is 32.6 Å². The summed E-state index contributed by atoms with van der Waals surface area (Å²) in [5.74, 6) is 0.623. The summed E-state index contributed by atoms with van der Waals surface area (Å²) in [6, 6.07) is 0. The van der Waals surface area contributed by atoms with Gasteiger partial charge in [0.25, 0.3) is 0 Å². The number of carbonyl (C=O) groups is 3. The molecule has 0 fully saturated rings. The first-order valence-electron chi connectivity index (χ1n) is 9.12. The van der Waals surface area contributed by atoms with Gasteiger partial charge >= 0.3 is 0 Å². The summed E-state index contributed by atoms with van der Waals surface area (Å²) in [7, 11) is 0. The largest absolute Gasteiger partial charge is 0.379 e. The maximum Gasteiger partial charge on any atom is 0.245 e. The van der Waals surface area contributed by atoms with Gasteiger partial charge in [-0.25, -0.2) is 0 Å². The quantitative estimate of drug-likeness (QED) is 0.335. The van der Waals surface area contributed by atoms with E-state index in [9.17, 15) is 14.4 Å². The molecule has 0 rings (SSSR count). The summed E-state index contributed by atoms with van der Waals surface area (Å²) in [6.07, 6.45) is 5.05. The molecule has 0 aliphatic heterocycles. The lowest BCUT2D eigenvalue weighted by Crippen LogP contribution is -2.29. The van der Waals surface area contributed by atoms with Gasteiger partial charge in [-0.3, -0.25) is 14.4 Å². The molecule has 0 atom stereocenters. The molecular formula is C18H33NO6S. The maximum atomic E-state index is 11.5. The van der Waals surface area contributed by atoms with Crippen LogP contribution >= 0.6 is 11.8 Å². The Balaban J connectivity index is 3.32. The minimum atomic E-state index is -0.194. The minimum Gasteiger partial charge on any atom is -0.379 e. The Morgan fingerprint density at radius 2 is 1.54 bits per heavy atom. The summed E-state index contributed by atoms with van der Waals surface area (Å²) in [5.41, 5.74) is 0. The summed E-state index contributed by atoms with van der Waals surface area (Å²) in [6.45, 7) is 4.45. The number of ketones is 2. The Morgan fingerprint density at radius 3 is 2.27 bits per heavy atom. The van der Waals surface area contributed by atoms with Crippen LogP contribution in [0.5, 0.6) is 0 Å². The monoisotopic (exact) mass is 391 g/mol. The molecule has 0 unspecified atom stereocenters. The predicted octanol–water partition coefficient (Wildman–Crippen LogP) is 1.62. The van der Waals surface area contributed by atoms with Crippen molar-refractivity contribution < 1.29 is 28.6 Å². The topological polar surface area (TPSA) is 90.9 Å². The van der Waals surface area contributed by atoms with E-state index in [0.717, 1.165) is 6.42 Å². The van der Waals surface area contributed by atoms with Gasteiger partial charge in [0.15, 0.2) is 5.78 Å². The van der Waals surface area contributed by atoms with E-state index in [0.29, 0.717) is 64.4 Å². The normalized spacial score (nSPS) is 10.7. The molecule has 0 saturated carbocycles. The van der Waals surface area contributed by atoms with Crippen molar-refractivity contribution in [1.29, 1.82) is 0 Å². The third-order valence-corrected chi connectivity index (χ3v) is 3.83. The molecular weight excluding hydrogens is 358 g/mol. The predicted molar refractivity (Wildman–Crippen MR) is 103 cm³/mol. The van der Waals surface area contributed by atoms with E-state index in [1.54, 1.807) is 0 Å². The number of rotatable bonds is 19. The Labute approximate surface area is 160 Å². The maximum absolute atomic E-state index is 11.5. The standard InChI is InChI=1S/C18H33NO6S/c1-3-9-24-13-16(20)7-5-10-23-11-12-25-14-18(22)19-8-4-6-17(21)15-26-2/h3-15H2,1-2H3,(H,19,22). The van der Waals surface area contributed by atoms with Crippen LogP contribution in [0.2, 0.25) is 0 Å². The number of nitrogens with one attached hydrogen (secondary N) is 1. The van der Waals surface area contributed by atoms with Gasteiger partial charge in [0.1, 0.15) is 19.0 Å². The van der Waals surface area contributed by atoms with Crippen molar-refractivity contribution in [2.45, 2.75) is 39.0 Å². The summed E-state index contributed by atoms with van der Waals surface area (Å²) < 4.78 is 15.7. The van der Waals surface area contributed by atoms with Crippen molar-refractivity contribution in [2.75, 3.05) is 58.2 Å². The molecule has 1 amide bonds. The highest BCUT2D eigenvalue weighted by atomic mass is 32.2. The molecule has 152 valence electrons. The Morgan fingerprint density at radius 1 is 0.846 bits per heavy atom. The SMILES string of the molecule is CCCOCC(=O)CCCOCCOCC(=O)NCCCC(=O)CSC. The molecule has 0 radical (unpaired) electrons. The highest BCUT2D eigenvalue weighted by Gasteiger charge is 2.04. The second kappa shape index (κ2) is 18.8. The van der Waals surface area contributed by atoms with Gasteiger partial charge in [-0.05, 0) is 25.5 Å². The molecule has 7 nitrogen and oxygen atoms in total. The smallest absolute Gasteiger partial charge is 0.245 e. The summed E-state index contributed by atoms with van der Waals surface area (Å²) in [4.78, 5) is 34.3. The lowest BCUT2D eigenvalue weighted by Gasteiger charge is -2.07. The fraction of sp³-hybridized carbons (Fsp3) is 0.833. The van der Waals surface area contributed by atoms with Crippen molar-refractivity contribution in [3.63, 3.8) is 0 Å². The zero-order valence-corrected chi connectivity index (χ0v) is 16.9. The minimum absolute atomic E-state index is 0.0185. The third-order valence-electron chi connectivity index (χ3n) is 3.22. The fourth-order valence-electron chi connectivity index (χ4n) is 1.96. The van der Waals surface area contributed by atoms with Crippen molar-refractivity contribution in [3.05, 3.63) is 0 Å². The summed E-state index contributed by atoms with van der Waals surface area (Å²) in [5, 5.41) is 2.71. The van der Waals surface area contributed by atoms with Crippen LogP contribution in [-0.4, -0.2) is 75.7 Å². The van der Waals surface area contributed by atoms with E-state index >= 15 is 0 Å². The van der Waals surface area contributed by atoms with Crippen LogP contribution in [0.4, 0.5) is 0 Å². The molecule has 0 aromatic heterocycles.